The molecular weight excluding hydrogens is 390 g/mol. The van der Waals surface area contributed by atoms with E-state index in [-0.39, 0.29) is 11.8 Å². The number of hydrogen-bond acceptors (Lipinski definition) is 6. The summed E-state index contributed by atoms with van der Waals surface area (Å²) in [6, 6.07) is 11.3. The summed E-state index contributed by atoms with van der Waals surface area (Å²) in [4.78, 5) is 36.8. The summed E-state index contributed by atoms with van der Waals surface area (Å²) in [5, 5.41) is 27.7. The van der Waals surface area contributed by atoms with Crippen LogP contribution in [0.15, 0.2) is 48.8 Å². The Morgan fingerprint density at radius 3 is 2.27 bits per heavy atom. The third kappa shape index (κ3) is 7.51. The zero-order valence-electron chi connectivity index (χ0n) is 16.4. The molecule has 9 nitrogen and oxygen atoms in total. The number of pyridine rings is 1. The van der Waals surface area contributed by atoms with Crippen molar-refractivity contribution >= 4 is 17.8 Å². The number of aromatic nitrogens is 1. The number of benzene rings is 1. The van der Waals surface area contributed by atoms with E-state index in [1.54, 1.807) is 18.5 Å². The van der Waals surface area contributed by atoms with Gasteiger partial charge in [0, 0.05) is 37.0 Å². The lowest BCUT2D eigenvalue weighted by molar-refractivity contribution is -0.159. The van der Waals surface area contributed by atoms with Gasteiger partial charge in [0.1, 0.15) is 5.75 Å². The van der Waals surface area contributed by atoms with E-state index in [4.69, 9.17) is 19.8 Å². The number of aromatic hydroxyl groups is 1. The number of rotatable bonds is 5. The van der Waals surface area contributed by atoms with Crippen LogP contribution in [0.25, 0.3) is 0 Å². The van der Waals surface area contributed by atoms with E-state index in [9.17, 15) is 9.90 Å². The average Bonchev–Trinajstić information content (AvgIpc) is 2.75. The van der Waals surface area contributed by atoms with Crippen LogP contribution in [0.1, 0.15) is 24.0 Å². The molecule has 0 saturated carbocycles. The van der Waals surface area contributed by atoms with Crippen molar-refractivity contribution in [3.63, 3.8) is 0 Å². The Morgan fingerprint density at radius 1 is 1.03 bits per heavy atom. The summed E-state index contributed by atoms with van der Waals surface area (Å²) in [5.41, 5.74) is 1.96. The van der Waals surface area contributed by atoms with Crippen molar-refractivity contribution in [2.75, 3.05) is 13.1 Å². The number of piperidine rings is 1. The van der Waals surface area contributed by atoms with Gasteiger partial charge in [0.05, 0.1) is 0 Å². The zero-order valence-corrected chi connectivity index (χ0v) is 16.4. The van der Waals surface area contributed by atoms with E-state index >= 15 is 0 Å². The van der Waals surface area contributed by atoms with Crippen molar-refractivity contribution in [2.45, 2.75) is 25.9 Å². The third-order valence-corrected chi connectivity index (χ3v) is 4.72. The molecule has 160 valence electrons. The molecule has 0 aliphatic carbocycles. The van der Waals surface area contributed by atoms with Crippen LogP contribution in [0, 0.1) is 5.92 Å². The van der Waals surface area contributed by atoms with E-state index in [1.165, 1.54) is 0 Å². The van der Waals surface area contributed by atoms with Gasteiger partial charge in [-0.1, -0.05) is 24.3 Å². The van der Waals surface area contributed by atoms with E-state index < -0.39 is 11.9 Å². The van der Waals surface area contributed by atoms with E-state index in [0.717, 1.165) is 43.6 Å². The molecule has 9 heteroatoms. The molecule has 1 fully saturated rings. The first-order valence-electron chi connectivity index (χ1n) is 9.49. The maximum Gasteiger partial charge on any atom is 0.414 e. The number of amides is 1. The third-order valence-electron chi connectivity index (χ3n) is 4.72. The highest BCUT2D eigenvalue weighted by molar-refractivity contribution is 6.27. The predicted octanol–water partition coefficient (Wildman–Crippen LogP) is 1.47. The van der Waals surface area contributed by atoms with Gasteiger partial charge in [0.2, 0.25) is 5.91 Å². The summed E-state index contributed by atoms with van der Waals surface area (Å²) in [5.74, 6) is -3.11. The van der Waals surface area contributed by atoms with E-state index in [2.05, 4.69) is 15.2 Å². The van der Waals surface area contributed by atoms with Gasteiger partial charge in [-0.05, 0) is 43.6 Å². The van der Waals surface area contributed by atoms with Crippen LogP contribution in [0.3, 0.4) is 0 Å². The van der Waals surface area contributed by atoms with Gasteiger partial charge in [-0.25, -0.2) is 9.59 Å². The summed E-state index contributed by atoms with van der Waals surface area (Å²) >= 11 is 0. The van der Waals surface area contributed by atoms with Crippen molar-refractivity contribution in [1.82, 2.24) is 15.2 Å². The minimum atomic E-state index is -1.82. The van der Waals surface area contributed by atoms with Gasteiger partial charge < -0.3 is 20.6 Å². The van der Waals surface area contributed by atoms with Gasteiger partial charge >= 0.3 is 11.9 Å². The second-order valence-electron chi connectivity index (χ2n) is 6.87. The summed E-state index contributed by atoms with van der Waals surface area (Å²) in [6.07, 6.45) is 5.21. The second-order valence-corrected chi connectivity index (χ2v) is 6.87. The fourth-order valence-corrected chi connectivity index (χ4v) is 3.07. The number of carbonyl (C=O) groups is 3. The lowest BCUT2D eigenvalue weighted by Crippen LogP contribution is -2.40. The molecule has 1 aliphatic heterocycles. The van der Waals surface area contributed by atoms with Crippen LogP contribution in [-0.2, 0) is 27.5 Å². The molecule has 0 atom stereocenters. The van der Waals surface area contributed by atoms with E-state index in [1.807, 2.05) is 30.3 Å². The highest BCUT2D eigenvalue weighted by Crippen LogP contribution is 2.22. The fraction of sp³-hybridized carbons (Fsp3) is 0.333. The van der Waals surface area contributed by atoms with Crippen molar-refractivity contribution < 1.29 is 29.7 Å². The molecule has 30 heavy (non-hydrogen) atoms. The number of nitrogens with one attached hydrogen (secondary N) is 1. The number of aliphatic carboxylic acids is 2. The topological polar surface area (TPSA) is 140 Å². The number of likely N-dealkylation sites (tertiary alicyclic amines) is 1. The maximum absolute atomic E-state index is 12.3. The molecule has 1 saturated heterocycles. The number of carboxylic acid groups (broad SMARTS) is 2. The molecule has 0 spiro atoms. The number of para-hydroxylation sites is 1. The van der Waals surface area contributed by atoms with Crippen LogP contribution >= 0.6 is 0 Å². The van der Waals surface area contributed by atoms with Crippen LogP contribution in [0.4, 0.5) is 0 Å². The second kappa shape index (κ2) is 11.5. The summed E-state index contributed by atoms with van der Waals surface area (Å²) in [6.45, 7) is 3.01. The zero-order chi connectivity index (χ0) is 21.9. The molecule has 0 bridgehead atoms. The smallest absolute Gasteiger partial charge is 0.414 e. The Labute approximate surface area is 174 Å². The highest BCUT2D eigenvalue weighted by atomic mass is 16.4. The molecule has 1 aromatic carbocycles. The van der Waals surface area contributed by atoms with Crippen LogP contribution in [0.5, 0.6) is 5.75 Å². The van der Waals surface area contributed by atoms with Crippen LogP contribution in [-0.4, -0.2) is 56.1 Å². The number of phenolic OH excluding ortho intramolecular Hbond substituents is 1. The molecular formula is C21H25N3O6. The number of carboxylic acids is 2. The molecule has 1 amide bonds. The first-order valence-corrected chi connectivity index (χ1v) is 9.49. The molecule has 3 rings (SSSR count). The number of carbonyl (C=O) groups excluding carboxylic acids is 1. The normalized spacial score (nSPS) is 14.3. The van der Waals surface area contributed by atoms with E-state index in [0.29, 0.717) is 12.3 Å². The first kappa shape index (κ1) is 22.8. The lowest BCUT2D eigenvalue weighted by Gasteiger charge is -2.31. The SMILES string of the molecule is O=C(NCc1cccnc1)C1CCN(Cc2ccccc2O)CC1.O=C(O)C(=O)O. The highest BCUT2D eigenvalue weighted by Gasteiger charge is 2.25. The Morgan fingerprint density at radius 2 is 1.70 bits per heavy atom. The summed E-state index contributed by atoms with van der Waals surface area (Å²) < 4.78 is 0. The van der Waals surface area contributed by atoms with Crippen molar-refractivity contribution in [3.8, 4) is 5.75 Å². The molecule has 0 radical (unpaired) electrons. The van der Waals surface area contributed by atoms with Crippen molar-refractivity contribution in [1.29, 1.82) is 0 Å². The number of phenols is 1. The van der Waals surface area contributed by atoms with Crippen molar-refractivity contribution in [3.05, 3.63) is 59.9 Å². The van der Waals surface area contributed by atoms with Gasteiger partial charge in [-0.2, -0.15) is 0 Å². The molecule has 2 heterocycles. The average molecular weight is 415 g/mol. The number of nitrogens with zero attached hydrogens (tertiary/aromatic N) is 2. The Balaban J connectivity index is 0.000000469. The van der Waals surface area contributed by atoms with Gasteiger partial charge in [-0.15, -0.1) is 0 Å². The minimum absolute atomic E-state index is 0.0716. The van der Waals surface area contributed by atoms with Crippen LogP contribution < -0.4 is 5.32 Å². The Bertz CT molecular complexity index is 839. The summed E-state index contributed by atoms with van der Waals surface area (Å²) in [7, 11) is 0. The fourth-order valence-electron chi connectivity index (χ4n) is 3.07. The van der Waals surface area contributed by atoms with Gasteiger partial charge in [-0.3, -0.25) is 14.7 Å². The molecule has 0 unspecified atom stereocenters. The first-order chi connectivity index (χ1) is 14.4. The maximum atomic E-state index is 12.3. The van der Waals surface area contributed by atoms with Gasteiger partial charge in [0.25, 0.3) is 0 Å². The van der Waals surface area contributed by atoms with Crippen LogP contribution in [0.2, 0.25) is 0 Å². The minimum Gasteiger partial charge on any atom is -0.508 e. The largest absolute Gasteiger partial charge is 0.508 e. The van der Waals surface area contributed by atoms with Crippen molar-refractivity contribution in [2.24, 2.45) is 5.92 Å². The number of hydrogen-bond donors (Lipinski definition) is 4. The predicted molar refractivity (Wildman–Crippen MR) is 107 cm³/mol. The molecule has 2 aromatic rings. The lowest BCUT2D eigenvalue weighted by atomic mass is 9.95. The quantitative estimate of drug-likeness (QED) is 0.538. The monoisotopic (exact) mass is 415 g/mol. The Hall–Kier alpha value is -3.46. The van der Waals surface area contributed by atoms with Gasteiger partial charge in [0.15, 0.2) is 0 Å². The molecule has 1 aromatic heterocycles. The standard InChI is InChI=1S/C19H23N3O2.C2H2O4/c23-18-6-2-1-5-17(18)14-22-10-7-16(8-11-22)19(24)21-13-15-4-3-9-20-12-15;3-1(4)2(5)6/h1-6,9,12,16,23H,7-8,10-11,13-14H2,(H,21,24);(H,3,4)(H,5,6). The molecule has 1 aliphatic rings. The Kier molecular flexibility index (Phi) is 8.76. The molecule has 4 N–H and O–H groups in total.